The molecule has 1 unspecified atom stereocenters. The molecule has 2 heteroatoms. The van der Waals surface area contributed by atoms with Crippen molar-refractivity contribution in [3.63, 3.8) is 0 Å². The lowest BCUT2D eigenvalue weighted by molar-refractivity contribution is -1.03. The summed E-state index contributed by atoms with van der Waals surface area (Å²) in [6, 6.07) is 1.00. The summed E-state index contributed by atoms with van der Waals surface area (Å²) >= 11 is 0. The molecule has 0 aromatic rings. The van der Waals surface area contributed by atoms with Crippen LogP contribution >= 0.6 is 0 Å². The summed E-state index contributed by atoms with van der Waals surface area (Å²) in [6.45, 7) is 9.63. The number of allylic oxidation sites excluding steroid dienone is 2. The van der Waals surface area contributed by atoms with Crippen molar-refractivity contribution in [1.29, 1.82) is 0 Å². The number of piperazine rings is 1. The number of nitrogens with one attached hydrogen (secondary N) is 2. The fraction of sp³-hybridized carbons (Fsp3) is 0.889. The van der Waals surface area contributed by atoms with E-state index in [0.29, 0.717) is 0 Å². The van der Waals surface area contributed by atoms with Crippen molar-refractivity contribution in [3.05, 3.63) is 12.2 Å². The minimum absolute atomic E-state index is 0.979. The Hall–Kier alpha value is -0.340. The van der Waals surface area contributed by atoms with Crippen LogP contribution in [0.3, 0.4) is 0 Å². The largest absolute Gasteiger partial charge is 0.325 e. The number of rotatable bonds is 3. The molecule has 2 aliphatic carbocycles. The normalized spacial score (nSPS) is 42.5. The van der Waals surface area contributed by atoms with Gasteiger partial charge in [0.05, 0.1) is 12.6 Å². The van der Waals surface area contributed by atoms with Crippen molar-refractivity contribution in [2.24, 2.45) is 11.8 Å². The number of hydrogen-bond donors (Lipinski definition) is 2. The fourth-order valence-corrected chi connectivity index (χ4v) is 4.66. The molecule has 0 amide bonds. The molecule has 0 spiro atoms. The van der Waals surface area contributed by atoms with E-state index in [9.17, 15) is 0 Å². The van der Waals surface area contributed by atoms with Gasteiger partial charge in [0.2, 0.25) is 0 Å². The highest BCUT2D eigenvalue weighted by Gasteiger charge is 2.32. The zero-order valence-corrected chi connectivity index (χ0v) is 13.4. The minimum atomic E-state index is 0.979. The van der Waals surface area contributed by atoms with Crippen molar-refractivity contribution in [3.8, 4) is 0 Å². The summed E-state index contributed by atoms with van der Waals surface area (Å²) < 4.78 is 0. The second-order valence-electron chi connectivity index (χ2n) is 7.72. The summed E-state index contributed by atoms with van der Waals surface area (Å²) in [5, 5.41) is 0. The van der Waals surface area contributed by atoms with Crippen molar-refractivity contribution in [1.82, 2.24) is 0 Å². The predicted octanol–water partition coefficient (Wildman–Crippen LogP) is 0.705. The maximum absolute atomic E-state index is 2.44. The Morgan fingerprint density at radius 2 is 1.65 bits per heavy atom. The lowest BCUT2D eigenvalue weighted by atomic mass is 9.86. The molecule has 3 aliphatic rings. The van der Waals surface area contributed by atoms with Gasteiger partial charge in [0.25, 0.3) is 0 Å². The molecule has 114 valence electrons. The third-order valence-electron chi connectivity index (χ3n) is 6.15. The van der Waals surface area contributed by atoms with Crippen molar-refractivity contribution >= 4 is 0 Å². The first-order chi connectivity index (χ1) is 9.81. The van der Waals surface area contributed by atoms with Gasteiger partial charge in [0, 0.05) is 5.92 Å². The maximum Gasteiger partial charge on any atom is 0.127 e. The van der Waals surface area contributed by atoms with Crippen LogP contribution < -0.4 is 9.80 Å². The fourth-order valence-electron chi connectivity index (χ4n) is 4.66. The first-order valence-electron chi connectivity index (χ1n) is 9.14. The van der Waals surface area contributed by atoms with Crippen LogP contribution in [-0.4, -0.2) is 38.8 Å². The summed E-state index contributed by atoms with van der Waals surface area (Å²) in [5.74, 6) is 1.98. The van der Waals surface area contributed by atoms with Gasteiger partial charge in [-0.15, -0.1) is 0 Å². The van der Waals surface area contributed by atoms with Gasteiger partial charge in [-0.3, -0.25) is 0 Å². The van der Waals surface area contributed by atoms with Gasteiger partial charge in [0.15, 0.2) is 0 Å². The molecule has 2 fully saturated rings. The molecule has 1 atom stereocenters. The third kappa shape index (κ3) is 3.85. The SMILES string of the molecule is CC1CCC([NH+]2CC[NH+](CC3CC=CCC3)CC2)CC1. The monoisotopic (exact) mass is 278 g/mol. The van der Waals surface area contributed by atoms with E-state index in [1.807, 2.05) is 9.80 Å². The van der Waals surface area contributed by atoms with E-state index in [4.69, 9.17) is 0 Å². The topological polar surface area (TPSA) is 8.88 Å². The van der Waals surface area contributed by atoms with E-state index in [1.165, 1.54) is 77.7 Å². The van der Waals surface area contributed by atoms with Crippen LogP contribution in [0.4, 0.5) is 0 Å². The molecule has 20 heavy (non-hydrogen) atoms. The zero-order chi connectivity index (χ0) is 13.8. The Labute approximate surface area is 125 Å². The Balaban J connectivity index is 1.39. The molecular weight excluding hydrogens is 244 g/mol. The first-order valence-corrected chi connectivity index (χ1v) is 9.14. The van der Waals surface area contributed by atoms with E-state index >= 15 is 0 Å². The number of hydrogen-bond acceptors (Lipinski definition) is 0. The van der Waals surface area contributed by atoms with Gasteiger partial charge >= 0.3 is 0 Å². The van der Waals surface area contributed by atoms with Gasteiger partial charge < -0.3 is 9.80 Å². The van der Waals surface area contributed by atoms with E-state index in [2.05, 4.69) is 19.1 Å². The van der Waals surface area contributed by atoms with Crippen molar-refractivity contribution in [2.45, 2.75) is 57.9 Å². The third-order valence-corrected chi connectivity index (χ3v) is 6.15. The zero-order valence-electron chi connectivity index (χ0n) is 13.4. The predicted molar refractivity (Wildman–Crippen MR) is 84.2 cm³/mol. The van der Waals surface area contributed by atoms with Crippen LogP contribution in [0.1, 0.15) is 51.9 Å². The van der Waals surface area contributed by atoms with Crippen LogP contribution in [-0.2, 0) is 0 Å². The van der Waals surface area contributed by atoms with Crippen LogP contribution in [0.25, 0.3) is 0 Å². The smallest absolute Gasteiger partial charge is 0.127 e. The summed E-state index contributed by atoms with van der Waals surface area (Å²) in [7, 11) is 0. The highest BCUT2D eigenvalue weighted by molar-refractivity contribution is 4.89. The Morgan fingerprint density at radius 3 is 2.30 bits per heavy atom. The standard InChI is InChI=1S/C18H32N2/c1-16-7-9-18(10-8-16)20-13-11-19(12-14-20)15-17-5-3-2-4-6-17/h2-3,16-18H,4-15H2,1H3/p+2. The molecule has 0 radical (unpaired) electrons. The summed E-state index contributed by atoms with van der Waals surface area (Å²) in [4.78, 5) is 3.85. The van der Waals surface area contributed by atoms with Crippen LogP contribution in [0, 0.1) is 11.8 Å². The second kappa shape index (κ2) is 7.09. The molecule has 2 nitrogen and oxygen atoms in total. The van der Waals surface area contributed by atoms with Crippen LogP contribution in [0.5, 0.6) is 0 Å². The highest BCUT2D eigenvalue weighted by atomic mass is 15.3. The molecule has 0 bridgehead atoms. The van der Waals surface area contributed by atoms with Crippen LogP contribution in [0.2, 0.25) is 0 Å². The average Bonchev–Trinajstić information content (AvgIpc) is 2.50. The lowest BCUT2D eigenvalue weighted by Gasteiger charge is -2.38. The molecule has 0 aromatic carbocycles. The first kappa shape index (κ1) is 14.6. The molecular formula is C18H34N2+2. The quantitative estimate of drug-likeness (QED) is 0.704. The Morgan fingerprint density at radius 1 is 0.900 bits per heavy atom. The number of quaternary nitrogens is 2. The van der Waals surface area contributed by atoms with Gasteiger partial charge in [0.1, 0.15) is 26.2 Å². The van der Waals surface area contributed by atoms with Crippen LogP contribution in [0.15, 0.2) is 12.2 Å². The van der Waals surface area contributed by atoms with E-state index in [0.717, 1.165) is 17.9 Å². The molecule has 1 saturated carbocycles. The molecule has 0 aromatic heterocycles. The molecule has 1 aliphatic heterocycles. The van der Waals surface area contributed by atoms with E-state index < -0.39 is 0 Å². The maximum atomic E-state index is 2.44. The highest BCUT2D eigenvalue weighted by Crippen LogP contribution is 2.22. The molecule has 2 N–H and O–H groups in total. The Bertz CT molecular complexity index is 309. The minimum Gasteiger partial charge on any atom is -0.325 e. The lowest BCUT2D eigenvalue weighted by Crippen LogP contribution is -3.29. The van der Waals surface area contributed by atoms with Crippen molar-refractivity contribution < 1.29 is 9.80 Å². The van der Waals surface area contributed by atoms with Gasteiger partial charge in [-0.05, 0) is 50.9 Å². The summed E-state index contributed by atoms with van der Waals surface area (Å²) in [5.41, 5.74) is 0. The Kier molecular flexibility index (Phi) is 5.17. The van der Waals surface area contributed by atoms with E-state index in [1.54, 1.807) is 0 Å². The molecule has 1 saturated heterocycles. The average molecular weight is 278 g/mol. The second-order valence-corrected chi connectivity index (χ2v) is 7.72. The van der Waals surface area contributed by atoms with Crippen molar-refractivity contribution in [2.75, 3.05) is 32.7 Å². The summed E-state index contributed by atoms with van der Waals surface area (Å²) in [6.07, 6.45) is 14.9. The van der Waals surface area contributed by atoms with Gasteiger partial charge in [-0.1, -0.05) is 19.1 Å². The molecule has 1 heterocycles. The van der Waals surface area contributed by atoms with E-state index in [-0.39, 0.29) is 0 Å². The van der Waals surface area contributed by atoms with Gasteiger partial charge in [-0.25, -0.2) is 0 Å². The van der Waals surface area contributed by atoms with Gasteiger partial charge in [-0.2, -0.15) is 0 Å². The molecule has 3 rings (SSSR count).